The summed E-state index contributed by atoms with van der Waals surface area (Å²) in [6.07, 6.45) is 0.173. The summed E-state index contributed by atoms with van der Waals surface area (Å²) in [5.74, 6) is -1.03. The average Bonchev–Trinajstić information content (AvgIpc) is 2.56. The van der Waals surface area contributed by atoms with Crippen LogP contribution in [-0.4, -0.2) is 24.3 Å². The molecule has 2 aromatic rings. The van der Waals surface area contributed by atoms with Gasteiger partial charge >= 0.3 is 6.03 Å². The van der Waals surface area contributed by atoms with Crippen LogP contribution >= 0.6 is 0 Å². The predicted molar refractivity (Wildman–Crippen MR) is 82.9 cm³/mol. The molecule has 0 heterocycles. The van der Waals surface area contributed by atoms with Crippen LogP contribution in [-0.2, 0) is 6.42 Å². The summed E-state index contributed by atoms with van der Waals surface area (Å²) in [7, 11) is 0. The Morgan fingerprint density at radius 1 is 1.13 bits per heavy atom. The fraction of sp³-hybridized carbons (Fsp3) is 0.235. The van der Waals surface area contributed by atoms with Gasteiger partial charge in [-0.2, -0.15) is 0 Å². The lowest BCUT2D eigenvalue weighted by molar-refractivity contribution is 0.217. The minimum absolute atomic E-state index is 0.152. The van der Waals surface area contributed by atoms with E-state index in [1.165, 1.54) is 0 Å². The quantitative estimate of drug-likeness (QED) is 0.766. The highest BCUT2D eigenvalue weighted by molar-refractivity contribution is 5.74. The smallest absolute Gasteiger partial charge is 0.315 e. The van der Waals surface area contributed by atoms with Crippen LogP contribution in [0, 0.1) is 11.6 Å². The van der Waals surface area contributed by atoms with E-state index in [0.717, 1.165) is 23.8 Å². The number of amides is 2. The molecule has 4 nitrogen and oxygen atoms in total. The van der Waals surface area contributed by atoms with Gasteiger partial charge in [0.2, 0.25) is 0 Å². The van der Waals surface area contributed by atoms with Crippen molar-refractivity contribution in [2.75, 3.05) is 13.2 Å². The molecule has 0 saturated carbocycles. The monoisotopic (exact) mass is 320 g/mol. The Kier molecular flexibility index (Phi) is 6.05. The number of aliphatic hydroxyl groups excluding tert-OH is 1. The van der Waals surface area contributed by atoms with Gasteiger partial charge in [0.1, 0.15) is 11.6 Å². The zero-order valence-corrected chi connectivity index (χ0v) is 12.4. The van der Waals surface area contributed by atoms with Crippen LogP contribution in [0.3, 0.4) is 0 Å². The number of halogens is 2. The lowest BCUT2D eigenvalue weighted by Gasteiger charge is -2.17. The molecule has 0 unspecified atom stereocenters. The summed E-state index contributed by atoms with van der Waals surface area (Å²) < 4.78 is 26.5. The van der Waals surface area contributed by atoms with Gasteiger partial charge in [-0.05, 0) is 35.7 Å². The van der Waals surface area contributed by atoms with Crippen LogP contribution in [0.5, 0.6) is 0 Å². The van der Waals surface area contributed by atoms with Crippen LogP contribution < -0.4 is 10.6 Å². The molecular weight excluding hydrogens is 302 g/mol. The Labute approximate surface area is 133 Å². The number of rotatable bonds is 6. The van der Waals surface area contributed by atoms with E-state index in [1.807, 2.05) is 18.2 Å². The molecule has 122 valence electrons. The molecule has 2 aromatic carbocycles. The highest BCUT2D eigenvalue weighted by Gasteiger charge is 2.13. The van der Waals surface area contributed by atoms with Crippen LogP contribution in [0.4, 0.5) is 13.6 Å². The minimum atomic E-state index is -0.526. The van der Waals surface area contributed by atoms with Crippen molar-refractivity contribution in [3.05, 3.63) is 71.3 Å². The van der Waals surface area contributed by atoms with Crippen LogP contribution in [0.2, 0.25) is 0 Å². The molecule has 2 rings (SSSR count). The Bertz CT molecular complexity index is 650. The summed E-state index contributed by atoms with van der Waals surface area (Å²) in [6.45, 7) is -0.0882. The zero-order valence-electron chi connectivity index (χ0n) is 12.4. The van der Waals surface area contributed by atoms with E-state index in [1.54, 1.807) is 12.1 Å². The average molecular weight is 320 g/mol. The standard InChI is InChI=1S/C17H18F2N2O2/c18-14-6-7-15(19)13(10-14)8-9-20-17(23)21-16(11-22)12-4-2-1-3-5-12/h1-7,10,16,22H,8-9,11H2,(H2,20,21,23)/t16-/m0/s1. The second-order valence-corrected chi connectivity index (χ2v) is 5.03. The molecule has 0 bridgehead atoms. The molecular formula is C17H18F2N2O2. The minimum Gasteiger partial charge on any atom is -0.394 e. The maximum atomic E-state index is 13.5. The number of carbonyl (C=O) groups is 1. The molecule has 1 atom stereocenters. The van der Waals surface area contributed by atoms with Crippen molar-refractivity contribution in [2.24, 2.45) is 0 Å². The van der Waals surface area contributed by atoms with E-state index in [-0.39, 0.29) is 25.1 Å². The topological polar surface area (TPSA) is 61.4 Å². The van der Waals surface area contributed by atoms with Gasteiger partial charge in [-0.1, -0.05) is 30.3 Å². The van der Waals surface area contributed by atoms with Gasteiger partial charge in [0.25, 0.3) is 0 Å². The molecule has 3 N–H and O–H groups in total. The zero-order chi connectivity index (χ0) is 16.7. The molecule has 0 aliphatic rings. The maximum absolute atomic E-state index is 13.5. The van der Waals surface area contributed by atoms with Crippen molar-refractivity contribution in [3.8, 4) is 0 Å². The van der Waals surface area contributed by atoms with Gasteiger partial charge in [0.05, 0.1) is 12.6 Å². The van der Waals surface area contributed by atoms with Crippen LogP contribution in [0.15, 0.2) is 48.5 Å². The summed E-state index contributed by atoms with van der Waals surface area (Å²) in [5.41, 5.74) is 0.980. The van der Waals surface area contributed by atoms with Gasteiger partial charge in [-0.3, -0.25) is 0 Å². The molecule has 0 radical (unpaired) electrons. The van der Waals surface area contributed by atoms with Crippen LogP contribution in [0.25, 0.3) is 0 Å². The van der Waals surface area contributed by atoms with Crippen molar-refractivity contribution in [1.82, 2.24) is 10.6 Å². The summed E-state index contributed by atoms with van der Waals surface area (Å²) in [4.78, 5) is 11.8. The van der Waals surface area contributed by atoms with E-state index in [0.29, 0.717) is 0 Å². The highest BCUT2D eigenvalue weighted by Crippen LogP contribution is 2.12. The summed E-state index contributed by atoms with van der Waals surface area (Å²) in [5, 5.41) is 14.6. The number of urea groups is 1. The second-order valence-electron chi connectivity index (χ2n) is 5.03. The first-order valence-corrected chi connectivity index (χ1v) is 7.24. The lowest BCUT2D eigenvalue weighted by atomic mass is 10.1. The lowest BCUT2D eigenvalue weighted by Crippen LogP contribution is -2.40. The Hall–Kier alpha value is -2.47. The van der Waals surface area contributed by atoms with Gasteiger partial charge in [-0.15, -0.1) is 0 Å². The molecule has 0 aromatic heterocycles. The van der Waals surface area contributed by atoms with Crippen LogP contribution in [0.1, 0.15) is 17.2 Å². The van der Waals surface area contributed by atoms with Crippen molar-refractivity contribution in [1.29, 1.82) is 0 Å². The number of aliphatic hydroxyl groups is 1. The fourth-order valence-electron chi connectivity index (χ4n) is 2.17. The molecule has 0 spiro atoms. The second kappa shape index (κ2) is 8.24. The predicted octanol–water partition coefficient (Wildman–Crippen LogP) is 2.54. The Morgan fingerprint density at radius 2 is 1.87 bits per heavy atom. The van der Waals surface area contributed by atoms with Gasteiger partial charge in [0.15, 0.2) is 0 Å². The third kappa shape index (κ3) is 5.03. The molecule has 23 heavy (non-hydrogen) atoms. The van der Waals surface area contributed by atoms with Crippen molar-refractivity contribution >= 4 is 6.03 Å². The van der Waals surface area contributed by atoms with Crippen molar-refractivity contribution < 1.29 is 18.7 Å². The summed E-state index contributed by atoms with van der Waals surface area (Å²) in [6, 6.07) is 11.3. The van der Waals surface area contributed by atoms with E-state index in [9.17, 15) is 18.7 Å². The number of nitrogens with one attached hydrogen (secondary N) is 2. The molecule has 0 fully saturated rings. The van der Waals surface area contributed by atoms with E-state index < -0.39 is 23.7 Å². The first-order chi connectivity index (χ1) is 11.1. The maximum Gasteiger partial charge on any atom is 0.315 e. The first kappa shape index (κ1) is 16.9. The Morgan fingerprint density at radius 3 is 2.57 bits per heavy atom. The summed E-state index contributed by atoms with van der Waals surface area (Å²) >= 11 is 0. The Balaban J connectivity index is 1.84. The third-order valence-electron chi connectivity index (χ3n) is 3.38. The molecule has 0 saturated heterocycles. The van der Waals surface area contributed by atoms with Gasteiger partial charge in [-0.25, -0.2) is 13.6 Å². The van der Waals surface area contributed by atoms with Gasteiger partial charge < -0.3 is 15.7 Å². The van der Waals surface area contributed by atoms with E-state index in [4.69, 9.17) is 0 Å². The molecule has 0 aliphatic carbocycles. The number of hydrogen-bond acceptors (Lipinski definition) is 2. The number of benzene rings is 2. The fourth-order valence-corrected chi connectivity index (χ4v) is 2.17. The third-order valence-corrected chi connectivity index (χ3v) is 3.38. The molecule has 6 heteroatoms. The van der Waals surface area contributed by atoms with Crippen molar-refractivity contribution in [2.45, 2.75) is 12.5 Å². The largest absolute Gasteiger partial charge is 0.394 e. The normalized spacial score (nSPS) is 11.8. The highest BCUT2D eigenvalue weighted by atomic mass is 19.1. The number of hydrogen-bond donors (Lipinski definition) is 3. The van der Waals surface area contributed by atoms with E-state index >= 15 is 0 Å². The van der Waals surface area contributed by atoms with E-state index in [2.05, 4.69) is 10.6 Å². The molecule has 0 aliphatic heterocycles. The molecule has 2 amide bonds. The number of carbonyl (C=O) groups excluding carboxylic acids is 1. The van der Waals surface area contributed by atoms with Gasteiger partial charge in [0, 0.05) is 6.54 Å². The van der Waals surface area contributed by atoms with Crippen molar-refractivity contribution in [3.63, 3.8) is 0 Å². The first-order valence-electron chi connectivity index (χ1n) is 7.24. The SMILES string of the molecule is O=C(NCCc1cc(F)ccc1F)N[C@@H](CO)c1ccccc1.